The van der Waals surface area contributed by atoms with Crippen molar-refractivity contribution in [3.05, 3.63) is 23.3 Å². The summed E-state index contributed by atoms with van der Waals surface area (Å²) < 4.78 is 10.0. The molecule has 0 aliphatic carbocycles. The highest BCUT2D eigenvalue weighted by atomic mass is 16.5. The van der Waals surface area contributed by atoms with Gasteiger partial charge >= 0.3 is 5.97 Å². The van der Waals surface area contributed by atoms with Crippen LogP contribution in [0.1, 0.15) is 18.1 Å². The number of amides is 1. The number of carbonyl (C=O) groups is 2. The molecular weight excluding hydrogens is 246 g/mol. The van der Waals surface area contributed by atoms with E-state index < -0.39 is 0 Å². The van der Waals surface area contributed by atoms with Gasteiger partial charge in [0.1, 0.15) is 5.75 Å². The molecule has 1 aliphatic heterocycles. The number of esters is 1. The molecule has 0 N–H and O–H groups in total. The maximum Gasteiger partial charge on any atom is 0.310 e. The minimum Gasteiger partial charge on any atom is -0.496 e. The van der Waals surface area contributed by atoms with Crippen molar-refractivity contribution in [3.63, 3.8) is 0 Å². The van der Waals surface area contributed by atoms with Crippen LogP contribution in [0.2, 0.25) is 0 Å². The summed E-state index contributed by atoms with van der Waals surface area (Å²) in [5.74, 6) is 0.410. The van der Waals surface area contributed by atoms with Crippen molar-refractivity contribution < 1.29 is 19.1 Å². The van der Waals surface area contributed by atoms with Gasteiger partial charge in [-0.2, -0.15) is 0 Å². The number of benzene rings is 1. The Hall–Kier alpha value is -2.04. The minimum atomic E-state index is -0.317. The van der Waals surface area contributed by atoms with Crippen molar-refractivity contribution in [1.29, 1.82) is 0 Å². The van der Waals surface area contributed by atoms with Crippen LogP contribution >= 0.6 is 0 Å². The third kappa shape index (κ3) is 2.41. The highest BCUT2D eigenvalue weighted by Crippen LogP contribution is 2.38. The van der Waals surface area contributed by atoms with Gasteiger partial charge in [0.05, 0.1) is 26.3 Å². The second-order valence-corrected chi connectivity index (χ2v) is 4.43. The third-order valence-electron chi connectivity index (χ3n) is 3.34. The Balaban J connectivity index is 2.48. The summed E-state index contributed by atoms with van der Waals surface area (Å²) in [5.41, 5.74) is 2.59. The number of anilines is 1. The number of methoxy groups -OCH3 is 2. The summed E-state index contributed by atoms with van der Waals surface area (Å²) >= 11 is 0. The first-order chi connectivity index (χ1) is 9.08. The molecule has 1 aliphatic rings. The molecule has 0 bridgehead atoms. The van der Waals surface area contributed by atoms with Crippen LogP contribution in [0.25, 0.3) is 0 Å². The van der Waals surface area contributed by atoms with Crippen LogP contribution in [0.4, 0.5) is 5.69 Å². The average Bonchev–Trinajstić information content (AvgIpc) is 2.84. The molecule has 0 radical (unpaired) electrons. The zero-order valence-corrected chi connectivity index (χ0v) is 11.4. The molecule has 2 rings (SSSR count). The maximum absolute atomic E-state index is 11.7. The summed E-state index contributed by atoms with van der Waals surface area (Å²) in [6.45, 7) is 2.15. The lowest BCUT2D eigenvalue weighted by Crippen LogP contribution is -2.27. The molecule has 1 amide bonds. The first kappa shape index (κ1) is 13.4. The molecule has 5 heteroatoms. The second kappa shape index (κ2) is 5.30. The van der Waals surface area contributed by atoms with Crippen molar-refractivity contribution >= 4 is 17.6 Å². The number of ether oxygens (including phenoxy) is 2. The van der Waals surface area contributed by atoms with E-state index in [1.807, 2.05) is 12.1 Å². The maximum atomic E-state index is 11.7. The van der Waals surface area contributed by atoms with Crippen molar-refractivity contribution in [2.45, 2.75) is 19.8 Å². The molecule has 102 valence electrons. The van der Waals surface area contributed by atoms with E-state index >= 15 is 0 Å². The lowest BCUT2D eigenvalue weighted by atomic mass is 10.0. The molecule has 1 aromatic rings. The molecular formula is C14H17NO4. The fourth-order valence-electron chi connectivity index (χ4n) is 2.46. The Bertz CT molecular complexity index is 524. The number of carbonyl (C=O) groups excluding carboxylic acids is 2. The lowest BCUT2D eigenvalue weighted by molar-refractivity contribution is -0.139. The van der Waals surface area contributed by atoms with Crippen LogP contribution in [-0.2, 0) is 27.2 Å². The quantitative estimate of drug-likeness (QED) is 0.772. The Morgan fingerprint density at radius 1 is 1.32 bits per heavy atom. The van der Waals surface area contributed by atoms with Crippen molar-refractivity contribution in [2.24, 2.45) is 0 Å². The zero-order valence-electron chi connectivity index (χ0n) is 11.4. The van der Waals surface area contributed by atoms with E-state index in [0.717, 1.165) is 29.0 Å². The zero-order chi connectivity index (χ0) is 14.0. The highest BCUT2D eigenvalue weighted by Gasteiger charge is 2.28. The van der Waals surface area contributed by atoms with Crippen LogP contribution in [-0.4, -0.2) is 32.6 Å². The largest absolute Gasteiger partial charge is 0.496 e. The first-order valence-electron chi connectivity index (χ1n) is 6.12. The molecule has 0 spiro atoms. The fourth-order valence-corrected chi connectivity index (χ4v) is 2.46. The molecule has 0 unspecified atom stereocenters. The topological polar surface area (TPSA) is 55.8 Å². The lowest BCUT2D eigenvalue weighted by Gasteiger charge is -2.19. The van der Waals surface area contributed by atoms with Gasteiger partial charge in [0.15, 0.2) is 0 Å². The van der Waals surface area contributed by atoms with Gasteiger partial charge in [0, 0.05) is 19.0 Å². The van der Waals surface area contributed by atoms with E-state index in [1.54, 1.807) is 12.0 Å². The Labute approximate surface area is 112 Å². The standard InChI is InChI=1S/C14H17NO4/c1-9(16)15-7-6-11-12(18-2)5-4-10(14(11)15)8-13(17)19-3/h4-5H,6-8H2,1-3H3. The van der Waals surface area contributed by atoms with E-state index in [-0.39, 0.29) is 18.3 Å². The number of fused-ring (bicyclic) bond motifs is 1. The second-order valence-electron chi connectivity index (χ2n) is 4.43. The summed E-state index contributed by atoms with van der Waals surface area (Å²) in [7, 11) is 2.96. The molecule has 0 saturated heterocycles. The van der Waals surface area contributed by atoms with Gasteiger partial charge in [0.25, 0.3) is 0 Å². The molecule has 1 aromatic carbocycles. The van der Waals surface area contributed by atoms with E-state index in [0.29, 0.717) is 6.54 Å². The predicted molar refractivity (Wildman–Crippen MR) is 70.4 cm³/mol. The molecule has 0 aromatic heterocycles. The molecule has 1 heterocycles. The van der Waals surface area contributed by atoms with Crippen LogP contribution in [0.5, 0.6) is 5.75 Å². The van der Waals surface area contributed by atoms with E-state index in [2.05, 4.69) is 0 Å². The summed E-state index contributed by atoms with van der Waals surface area (Å²) in [6.07, 6.45) is 0.902. The highest BCUT2D eigenvalue weighted by molar-refractivity contribution is 5.96. The molecule has 0 saturated carbocycles. The average molecular weight is 263 g/mol. The predicted octanol–water partition coefficient (Wildman–Crippen LogP) is 1.32. The van der Waals surface area contributed by atoms with E-state index in [4.69, 9.17) is 9.47 Å². The smallest absolute Gasteiger partial charge is 0.310 e. The minimum absolute atomic E-state index is 0.0295. The first-order valence-corrected chi connectivity index (χ1v) is 6.12. The Morgan fingerprint density at radius 2 is 2.05 bits per heavy atom. The van der Waals surface area contributed by atoms with Gasteiger partial charge < -0.3 is 14.4 Å². The van der Waals surface area contributed by atoms with Crippen LogP contribution in [0, 0.1) is 0 Å². The molecule has 5 nitrogen and oxygen atoms in total. The number of hydrogen-bond donors (Lipinski definition) is 0. The number of rotatable bonds is 3. The molecule has 19 heavy (non-hydrogen) atoms. The van der Waals surface area contributed by atoms with Crippen molar-refractivity contribution in [2.75, 3.05) is 25.7 Å². The normalized spacial score (nSPS) is 13.1. The van der Waals surface area contributed by atoms with Gasteiger partial charge in [-0.05, 0) is 18.1 Å². The van der Waals surface area contributed by atoms with Gasteiger partial charge in [-0.1, -0.05) is 6.07 Å². The van der Waals surface area contributed by atoms with Crippen molar-refractivity contribution in [1.82, 2.24) is 0 Å². The van der Waals surface area contributed by atoms with Gasteiger partial charge in [-0.25, -0.2) is 0 Å². The fraction of sp³-hybridized carbons (Fsp3) is 0.429. The third-order valence-corrected chi connectivity index (χ3v) is 3.34. The summed E-state index contributed by atoms with van der Waals surface area (Å²) in [4.78, 5) is 24.8. The summed E-state index contributed by atoms with van der Waals surface area (Å²) in [5, 5.41) is 0. The SMILES string of the molecule is COC(=O)Cc1ccc(OC)c2c1N(C(C)=O)CC2. The van der Waals surface area contributed by atoms with Crippen molar-refractivity contribution in [3.8, 4) is 5.75 Å². The number of nitrogens with zero attached hydrogens (tertiary/aromatic N) is 1. The Kier molecular flexibility index (Phi) is 3.74. The Morgan fingerprint density at radius 3 is 2.63 bits per heavy atom. The van der Waals surface area contributed by atoms with Gasteiger partial charge in [-0.15, -0.1) is 0 Å². The van der Waals surface area contributed by atoms with E-state index in [1.165, 1.54) is 14.0 Å². The van der Waals surface area contributed by atoms with Crippen LogP contribution < -0.4 is 9.64 Å². The van der Waals surface area contributed by atoms with Crippen LogP contribution in [0.15, 0.2) is 12.1 Å². The monoisotopic (exact) mass is 263 g/mol. The van der Waals surface area contributed by atoms with Crippen LogP contribution in [0.3, 0.4) is 0 Å². The van der Waals surface area contributed by atoms with Gasteiger partial charge in [0.2, 0.25) is 5.91 Å². The molecule has 0 fully saturated rings. The molecule has 0 atom stereocenters. The van der Waals surface area contributed by atoms with E-state index in [9.17, 15) is 9.59 Å². The van der Waals surface area contributed by atoms with Gasteiger partial charge in [-0.3, -0.25) is 9.59 Å². The number of hydrogen-bond acceptors (Lipinski definition) is 4. The summed E-state index contributed by atoms with van der Waals surface area (Å²) in [6, 6.07) is 3.65.